The fourth-order valence-electron chi connectivity index (χ4n) is 1.65. The van der Waals surface area contributed by atoms with E-state index >= 15 is 0 Å². The van der Waals surface area contributed by atoms with Gasteiger partial charge in [-0.05, 0) is 19.1 Å². The van der Waals surface area contributed by atoms with Crippen molar-refractivity contribution in [2.45, 2.75) is 6.92 Å². The van der Waals surface area contributed by atoms with Crippen LogP contribution in [-0.4, -0.2) is 7.11 Å². The molecule has 18 heavy (non-hydrogen) atoms. The van der Waals surface area contributed by atoms with Crippen LogP contribution >= 0.6 is 0 Å². The maximum atomic E-state index is 11.1. The van der Waals surface area contributed by atoms with E-state index in [4.69, 9.17) is 9.15 Å². The molecule has 0 fully saturated rings. The Morgan fingerprint density at radius 2 is 2.17 bits per heavy atom. The van der Waals surface area contributed by atoms with Gasteiger partial charge < -0.3 is 9.15 Å². The van der Waals surface area contributed by atoms with Crippen LogP contribution in [0.25, 0.3) is 17.0 Å². The van der Waals surface area contributed by atoms with E-state index < -0.39 is 0 Å². The van der Waals surface area contributed by atoms with Crippen molar-refractivity contribution < 1.29 is 9.15 Å². The molecule has 0 aliphatic carbocycles. The van der Waals surface area contributed by atoms with Crippen molar-refractivity contribution in [1.29, 1.82) is 0 Å². The predicted octanol–water partition coefficient (Wildman–Crippen LogP) is 3.39. The van der Waals surface area contributed by atoms with Crippen molar-refractivity contribution >= 4 is 17.0 Å². The Morgan fingerprint density at radius 1 is 1.39 bits per heavy atom. The highest BCUT2D eigenvalue weighted by Gasteiger charge is 2.05. The molecule has 0 atom stereocenters. The minimum Gasteiger partial charge on any atom is -0.496 e. The van der Waals surface area contributed by atoms with E-state index in [9.17, 15) is 4.79 Å². The van der Waals surface area contributed by atoms with Crippen molar-refractivity contribution in [2.24, 2.45) is 0 Å². The van der Waals surface area contributed by atoms with Crippen molar-refractivity contribution in [3.8, 4) is 5.75 Å². The smallest absolute Gasteiger partial charge is 0.336 e. The summed E-state index contributed by atoms with van der Waals surface area (Å²) in [5.74, 6) is 0.661. The fourth-order valence-corrected chi connectivity index (χ4v) is 1.65. The lowest BCUT2D eigenvalue weighted by molar-refractivity contribution is 0.413. The van der Waals surface area contributed by atoms with Crippen LogP contribution in [0.3, 0.4) is 0 Å². The van der Waals surface area contributed by atoms with Gasteiger partial charge in [0.2, 0.25) is 0 Å². The highest BCUT2D eigenvalue weighted by molar-refractivity contribution is 5.82. The van der Waals surface area contributed by atoms with Gasteiger partial charge in [0.1, 0.15) is 11.3 Å². The number of ether oxygens (including phenoxy) is 1. The fraction of sp³-hybridized carbons (Fsp3) is 0.133. The molecule has 92 valence electrons. The minimum absolute atomic E-state index is 0.366. The number of fused-ring (bicyclic) bond motifs is 1. The summed E-state index contributed by atoms with van der Waals surface area (Å²) in [6, 6.07) is 6.77. The third-order valence-corrected chi connectivity index (χ3v) is 2.52. The van der Waals surface area contributed by atoms with Crippen LogP contribution in [0, 0.1) is 0 Å². The zero-order valence-electron chi connectivity index (χ0n) is 10.4. The van der Waals surface area contributed by atoms with Crippen LogP contribution in [0.2, 0.25) is 0 Å². The molecule has 0 amide bonds. The summed E-state index contributed by atoms with van der Waals surface area (Å²) in [6.07, 6.45) is 3.83. The van der Waals surface area contributed by atoms with Gasteiger partial charge in [0.05, 0.1) is 7.11 Å². The highest BCUT2D eigenvalue weighted by Crippen LogP contribution is 2.26. The lowest BCUT2D eigenvalue weighted by Gasteiger charge is -2.06. The summed E-state index contributed by atoms with van der Waals surface area (Å²) in [4.78, 5) is 11.1. The van der Waals surface area contributed by atoms with Gasteiger partial charge in [0.15, 0.2) is 0 Å². The lowest BCUT2D eigenvalue weighted by Crippen LogP contribution is -1.95. The Bertz CT molecular complexity index is 678. The summed E-state index contributed by atoms with van der Waals surface area (Å²) in [5.41, 5.74) is 2.03. The molecule has 0 unspecified atom stereocenters. The molecule has 0 spiro atoms. The molecule has 1 aromatic heterocycles. The molecule has 0 saturated carbocycles. The van der Waals surface area contributed by atoms with Gasteiger partial charge in [-0.15, -0.1) is 0 Å². The maximum Gasteiger partial charge on any atom is 0.336 e. The summed E-state index contributed by atoms with van der Waals surface area (Å²) in [6.45, 7) is 5.73. The van der Waals surface area contributed by atoms with Crippen LogP contribution in [0.4, 0.5) is 0 Å². The molecule has 3 heteroatoms. The van der Waals surface area contributed by atoms with Crippen LogP contribution in [0.5, 0.6) is 5.75 Å². The molecule has 0 radical (unpaired) electrons. The van der Waals surface area contributed by atoms with Crippen LogP contribution in [0.15, 0.2) is 51.7 Å². The average molecular weight is 242 g/mol. The van der Waals surface area contributed by atoms with E-state index in [0.717, 1.165) is 16.5 Å². The number of rotatable bonds is 3. The average Bonchev–Trinajstić information content (AvgIpc) is 2.35. The topological polar surface area (TPSA) is 39.4 Å². The molecule has 0 aliphatic rings. The SMILES string of the molecule is C=C(C)/C=C/c1cc2ccc(=O)oc2cc1OC. The summed E-state index contributed by atoms with van der Waals surface area (Å²) < 4.78 is 10.4. The number of hydrogen-bond acceptors (Lipinski definition) is 3. The van der Waals surface area contributed by atoms with E-state index in [2.05, 4.69) is 6.58 Å². The van der Waals surface area contributed by atoms with E-state index in [1.54, 1.807) is 19.2 Å². The number of hydrogen-bond donors (Lipinski definition) is 0. The second-order valence-corrected chi connectivity index (χ2v) is 4.07. The summed E-state index contributed by atoms with van der Waals surface area (Å²) >= 11 is 0. The van der Waals surface area contributed by atoms with Gasteiger partial charge in [-0.2, -0.15) is 0 Å². The van der Waals surface area contributed by atoms with E-state index in [-0.39, 0.29) is 5.63 Å². The zero-order valence-corrected chi connectivity index (χ0v) is 10.4. The Balaban J connectivity index is 2.62. The van der Waals surface area contributed by atoms with E-state index in [0.29, 0.717) is 11.3 Å². The zero-order chi connectivity index (χ0) is 13.1. The van der Waals surface area contributed by atoms with Gasteiger partial charge in [-0.25, -0.2) is 4.79 Å². The molecule has 2 aromatic rings. The van der Waals surface area contributed by atoms with Gasteiger partial charge in [0.25, 0.3) is 0 Å². The van der Waals surface area contributed by atoms with Crippen LogP contribution in [0.1, 0.15) is 12.5 Å². The first-order chi connectivity index (χ1) is 8.60. The first-order valence-electron chi connectivity index (χ1n) is 5.55. The minimum atomic E-state index is -0.366. The van der Waals surface area contributed by atoms with Gasteiger partial charge >= 0.3 is 5.63 Å². The first kappa shape index (κ1) is 12.2. The van der Waals surface area contributed by atoms with Gasteiger partial charge in [-0.1, -0.05) is 24.3 Å². The number of methoxy groups -OCH3 is 1. The van der Waals surface area contributed by atoms with E-state index in [1.807, 2.05) is 25.1 Å². The predicted molar refractivity (Wildman–Crippen MR) is 72.9 cm³/mol. The molecular weight excluding hydrogens is 228 g/mol. The van der Waals surface area contributed by atoms with Gasteiger partial charge in [-0.3, -0.25) is 0 Å². The Hall–Kier alpha value is -2.29. The third kappa shape index (κ3) is 2.51. The molecule has 2 rings (SSSR count). The lowest BCUT2D eigenvalue weighted by atomic mass is 10.1. The van der Waals surface area contributed by atoms with Crippen molar-refractivity contribution in [3.63, 3.8) is 0 Å². The number of allylic oxidation sites excluding steroid dienone is 2. The second-order valence-electron chi connectivity index (χ2n) is 4.07. The van der Waals surface area contributed by atoms with E-state index in [1.165, 1.54) is 6.07 Å². The Labute approximate surface area is 105 Å². The molecule has 0 N–H and O–H groups in total. The molecule has 0 saturated heterocycles. The molecular formula is C15H14O3. The van der Waals surface area contributed by atoms with Crippen molar-refractivity contribution in [1.82, 2.24) is 0 Å². The molecule has 1 heterocycles. The molecule has 0 bridgehead atoms. The van der Waals surface area contributed by atoms with Gasteiger partial charge in [0, 0.05) is 23.1 Å². The van der Waals surface area contributed by atoms with Crippen LogP contribution < -0.4 is 10.4 Å². The summed E-state index contributed by atoms with van der Waals surface area (Å²) in [7, 11) is 1.58. The van der Waals surface area contributed by atoms with Crippen molar-refractivity contribution in [3.05, 3.63) is 58.5 Å². The largest absolute Gasteiger partial charge is 0.496 e. The Kier molecular flexibility index (Phi) is 3.33. The first-order valence-corrected chi connectivity index (χ1v) is 5.55. The second kappa shape index (κ2) is 4.92. The Morgan fingerprint density at radius 3 is 2.83 bits per heavy atom. The molecule has 0 aliphatic heterocycles. The normalized spacial score (nSPS) is 11.0. The monoisotopic (exact) mass is 242 g/mol. The third-order valence-electron chi connectivity index (χ3n) is 2.52. The maximum absolute atomic E-state index is 11.1. The molecule has 3 nitrogen and oxygen atoms in total. The van der Waals surface area contributed by atoms with Crippen molar-refractivity contribution in [2.75, 3.05) is 7.11 Å². The summed E-state index contributed by atoms with van der Waals surface area (Å²) in [5, 5.41) is 0.858. The number of benzene rings is 1. The molecule has 1 aromatic carbocycles. The highest BCUT2D eigenvalue weighted by atomic mass is 16.5. The standard InChI is InChI=1S/C15H14O3/c1-10(2)4-5-11-8-12-6-7-15(16)18-14(12)9-13(11)17-3/h4-9H,1H2,2-3H3/b5-4+. The van der Waals surface area contributed by atoms with Crippen LogP contribution in [-0.2, 0) is 0 Å². The quantitative estimate of drug-likeness (QED) is 0.611.